The predicted octanol–water partition coefficient (Wildman–Crippen LogP) is 4.73. The van der Waals surface area contributed by atoms with Crippen LogP contribution in [0.5, 0.6) is 11.5 Å². The molecule has 4 rings (SSSR count). The number of phenolic OH excluding ortho intramolecular Hbond substituents is 2. The van der Waals surface area contributed by atoms with Crippen LogP contribution in [-0.2, 0) is 0 Å². The Kier molecular flexibility index (Phi) is 5.32. The summed E-state index contributed by atoms with van der Waals surface area (Å²) in [6, 6.07) is 20.4. The summed E-state index contributed by atoms with van der Waals surface area (Å²) in [5.74, 6) is -0.627. The maximum absolute atomic E-state index is 12.8. The number of fused-ring (bicyclic) bond motifs is 1. The average Bonchev–Trinajstić information content (AvgIpc) is 2.75. The largest absolute Gasteiger partial charge is 0.508 e. The van der Waals surface area contributed by atoms with Crippen molar-refractivity contribution in [2.45, 2.75) is 0 Å². The van der Waals surface area contributed by atoms with Crippen molar-refractivity contribution in [3.8, 4) is 22.8 Å². The van der Waals surface area contributed by atoms with Crippen molar-refractivity contribution in [3.63, 3.8) is 0 Å². The first-order valence-electron chi connectivity index (χ1n) is 9.02. The van der Waals surface area contributed by atoms with Gasteiger partial charge in [-0.05, 0) is 36.4 Å². The van der Waals surface area contributed by atoms with Crippen LogP contribution in [0.3, 0.4) is 0 Å². The van der Waals surface area contributed by atoms with Gasteiger partial charge in [-0.2, -0.15) is 5.10 Å². The van der Waals surface area contributed by atoms with Crippen LogP contribution in [0.4, 0.5) is 0 Å². The van der Waals surface area contributed by atoms with Gasteiger partial charge in [-0.1, -0.05) is 41.9 Å². The molecule has 0 aliphatic heterocycles. The lowest BCUT2D eigenvalue weighted by atomic mass is 10.0. The number of rotatable bonds is 4. The number of nitrogens with one attached hydrogen (secondary N) is 1. The quantitative estimate of drug-likeness (QED) is 0.330. The number of hydrazone groups is 1. The molecule has 0 aliphatic rings. The molecule has 3 aromatic carbocycles. The van der Waals surface area contributed by atoms with Crippen LogP contribution in [0.1, 0.15) is 15.9 Å². The SMILES string of the molecule is O=C(NN=Cc1ccc(O)cc1O)c1cc(-c2ccc(Cl)cc2)nc2ccccc12. The molecule has 0 atom stereocenters. The lowest BCUT2D eigenvalue weighted by molar-refractivity contribution is 0.0956. The minimum Gasteiger partial charge on any atom is -0.508 e. The number of amides is 1. The van der Waals surface area contributed by atoms with Gasteiger partial charge in [0.1, 0.15) is 11.5 Å². The van der Waals surface area contributed by atoms with Crippen LogP contribution in [0.25, 0.3) is 22.2 Å². The molecule has 0 bridgehead atoms. The van der Waals surface area contributed by atoms with Gasteiger partial charge in [0.05, 0.1) is 23.0 Å². The van der Waals surface area contributed by atoms with Crippen molar-refractivity contribution in [2.24, 2.45) is 5.10 Å². The fourth-order valence-electron chi connectivity index (χ4n) is 2.99. The molecule has 3 N–H and O–H groups in total. The van der Waals surface area contributed by atoms with Gasteiger partial charge in [0.2, 0.25) is 0 Å². The Balaban J connectivity index is 1.67. The lowest BCUT2D eigenvalue weighted by Gasteiger charge is -2.09. The highest BCUT2D eigenvalue weighted by Crippen LogP contribution is 2.26. The second-order valence-corrected chi connectivity index (χ2v) is 6.96. The van der Waals surface area contributed by atoms with Gasteiger partial charge < -0.3 is 10.2 Å². The number of carbonyl (C=O) groups is 1. The number of para-hydroxylation sites is 1. The minimum atomic E-state index is -0.418. The molecule has 1 aromatic heterocycles. The van der Waals surface area contributed by atoms with Gasteiger partial charge in [0.15, 0.2) is 0 Å². The molecule has 30 heavy (non-hydrogen) atoms. The van der Waals surface area contributed by atoms with E-state index in [4.69, 9.17) is 11.6 Å². The zero-order chi connectivity index (χ0) is 21.1. The fraction of sp³-hybridized carbons (Fsp3) is 0. The van der Waals surface area contributed by atoms with E-state index in [0.717, 1.165) is 5.56 Å². The van der Waals surface area contributed by atoms with Crippen molar-refractivity contribution < 1.29 is 15.0 Å². The molecular weight excluding hydrogens is 402 g/mol. The predicted molar refractivity (Wildman–Crippen MR) is 117 cm³/mol. The number of pyridine rings is 1. The Morgan fingerprint density at radius 1 is 1.00 bits per heavy atom. The van der Waals surface area contributed by atoms with Crippen molar-refractivity contribution >= 4 is 34.6 Å². The van der Waals surface area contributed by atoms with Crippen LogP contribution in [0.2, 0.25) is 5.02 Å². The zero-order valence-electron chi connectivity index (χ0n) is 15.6. The average molecular weight is 418 g/mol. The van der Waals surface area contributed by atoms with E-state index in [1.165, 1.54) is 24.4 Å². The summed E-state index contributed by atoms with van der Waals surface area (Å²) < 4.78 is 0. The molecule has 0 unspecified atom stereocenters. The highest BCUT2D eigenvalue weighted by molar-refractivity contribution is 6.30. The van der Waals surface area contributed by atoms with E-state index >= 15 is 0 Å². The fourth-order valence-corrected chi connectivity index (χ4v) is 3.12. The molecule has 0 radical (unpaired) electrons. The monoisotopic (exact) mass is 417 g/mol. The molecule has 0 saturated carbocycles. The zero-order valence-corrected chi connectivity index (χ0v) is 16.3. The Morgan fingerprint density at radius 2 is 1.77 bits per heavy atom. The molecule has 0 fully saturated rings. The number of halogens is 1. The van der Waals surface area contributed by atoms with E-state index in [0.29, 0.717) is 32.7 Å². The molecular formula is C23H16ClN3O3. The minimum absolute atomic E-state index is 0.0633. The smallest absolute Gasteiger partial charge is 0.272 e. The third kappa shape index (κ3) is 4.09. The summed E-state index contributed by atoms with van der Waals surface area (Å²) in [7, 11) is 0. The number of aromatic hydroxyl groups is 2. The summed E-state index contributed by atoms with van der Waals surface area (Å²) in [5.41, 5.74) is 5.39. The Bertz CT molecular complexity index is 1270. The van der Waals surface area contributed by atoms with E-state index in [1.54, 1.807) is 18.2 Å². The van der Waals surface area contributed by atoms with Gasteiger partial charge in [-0.25, -0.2) is 10.4 Å². The van der Waals surface area contributed by atoms with E-state index in [1.807, 2.05) is 36.4 Å². The summed E-state index contributed by atoms with van der Waals surface area (Å²) in [5, 5.41) is 24.4. The number of hydrogen-bond donors (Lipinski definition) is 3. The Hall–Kier alpha value is -3.90. The third-order valence-electron chi connectivity index (χ3n) is 4.48. The normalized spacial score (nSPS) is 11.1. The number of nitrogens with zero attached hydrogens (tertiary/aromatic N) is 2. The standard InChI is InChI=1S/C23H16ClN3O3/c24-16-8-5-14(6-9-16)21-12-19(18-3-1-2-4-20(18)26-21)23(30)27-25-13-15-7-10-17(28)11-22(15)29/h1-13,28-29H,(H,27,30). The van der Waals surface area contributed by atoms with Crippen molar-refractivity contribution in [1.82, 2.24) is 10.4 Å². The van der Waals surface area contributed by atoms with Gasteiger partial charge in [0.25, 0.3) is 5.91 Å². The first kappa shape index (κ1) is 19.4. The Morgan fingerprint density at radius 3 is 2.53 bits per heavy atom. The van der Waals surface area contributed by atoms with Crippen molar-refractivity contribution in [3.05, 3.63) is 88.9 Å². The highest BCUT2D eigenvalue weighted by Gasteiger charge is 2.13. The molecule has 1 heterocycles. The van der Waals surface area contributed by atoms with Crippen LogP contribution < -0.4 is 5.43 Å². The van der Waals surface area contributed by atoms with E-state index in [-0.39, 0.29) is 11.5 Å². The van der Waals surface area contributed by atoms with Crippen molar-refractivity contribution in [1.29, 1.82) is 0 Å². The molecule has 1 amide bonds. The topological polar surface area (TPSA) is 94.8 Å². The van der Waals surface area contributed by atoms with Crippen LogP contribution in [0, 0.1) is 0 Å². The molecule has 0 spiro atoms. The van der Waals surface area contributed by atoms with Crippen LogP contribution >= 0.6 is 11.6 Å². The van der Waals surface area contributed by atoms with Gasteiger partial charge in [-0.3, -0.25) is 4.79 Å². The van der Waals surface area contributed by atoms with Gasteiger partial charge >= 0.3 is 0 Å². The summed E-state index contributed by atoms with van der Waals surface area (Å²) in [6.45, 7) is 0. The molecule has 0 aliphatic carbocycles. The molecule has 6 nitrogen and oxygen atoms in total. The number of aromatic nitrogens is 1. The summed E-state index contributed by atoms with van der Waals surface area (Å²) >= 11 is 5.97. The van der Waals surface area contributed by atoms with E-state index in [2.05, 4.69) is 15.5 Å². The number of benzene rings is 3. The van der Waals surface area contributed by atoms with E-state index in [9.17, 15) is 15.0 Å². The second-order valence-electron chi connectivity index (χ2n) is 6.52. The molecule has 7 heteroatoms. The van der Waals surface area contributed by atoms with Crippen molar-refractivity contribution in [2.75, 3.05) is 0 Å². The first-order chi connectivity index (χ1) is 14.5. The van der Waals surface area contributed by atoms with Crippen LogP contribution in [-0.4, -0.2) is 27.3 Å². The molecule has 148 valence electrons. The molecule has 0 saturated heterocycles. The maximum atomic E-state index is 12.8. The summed E-state index contributed by atoms with van der Waals surface area (Å²) in [6.07, 6.45) is 1.30. The Labute approximate surface area is 177 Å². The first-order valence-corrected chi connectivity index (χ1v) is 9.40. The molecule has 4 aromatic rings. The van der Waals surface area contributed by atoms with Gasteiger partial charge in [-0.15, -0.1) is 0 Å². The number of carbonyl (C=O) groups excluding carboxylic acids is 1. The number of phenols is 2. The van der Waals surface area contributed by atoms with E-state index < -0.39 is 5.91 Å². The lowest BCUT2D eigenvalue weighted by Crippen LogP contribution is -2.18. The second kappa shape index (κ2) is 8.23. The highest BCUT2D eigenvalue weighted by atomic mass is 35.5. The number of hydrogen-bond acceptors (Lipinski definition) is 5. The maximum Gasteiger partial charge on any atom is 0.272 e. The summed E-state index contributed by atoms with van der Waals surface area (Å²) in [4.78, 5) is 17.5. The van der Waals surface area contributed by atoms with Crippen LogP contribution in [0.15, 0.2) is 77.9 Å². The van der Waals surface area contributed by atoms with Gasteiger partial charge in [0, 0.05) is 27.6 Å². The third-order valence-corrected chi connectivity index (χ3v) is 4.74.